The molecule has 2 aliphatic rings. The van der Waals surface area contributed by atoms with E-state index in [9.17, 15) is 19.1 Å². The third-order valence-electron chi connectivity index (χ3n) is 6.21. The first kappa shape index (κ1) is 60.4. The Morgan fingerprint density at radius 1 is 0.837 bits per heavy atom. The van der Waals surface area contributed by atoms with Gasteiger partial charge in [-0.2, -0.15) is 0 Å². The fourth-order valence-corrected chi connectivity index (χ4v) is 4.67. The van der Waals surface area contributed by atoms with Crippen molar-refractivity contribution in [3.05, 3.63) is 39.4 Å². The van der Waals surface area contributed by atoms with Crippen LogP contribution in [0.5, 0.6) is 0 Å². The van der Waals surface area contributed by atoms with Gasteiger partial charge in [-0.25, -0.2) is 13.6 Å². The summed E-state index contributed by atoms with van der Waals surface area (Å²) in [5.74, 6) is -1.74. The Morgan fingerprint density at radius 2 is 1.24 bits per heavy atom. The molecule has 1 saturated heterocycles. The van der Waals surface area contributed by atoms with Gasteiger partial charge < -0.3 is 20.3 Å². The molecule has 2 fully saturated rings. The van der Waals surface area contributed by atoms with E-state index in [0.29, 0.717) is 29.9 Å². The van der Waals surface area contributed by atoms with Crippen LogP contribution < -0.4 is 16.1 Å². The van der Waals surface area contributed by atoms with Crippen molar-refractivity contribution in [2.45, 2.75) is 51.4 Å². The third kappa shape index (κ3) is 18.5. The lowest BCUT2D eigenvalue weighted by Crippen LogP contribution is -2.30. The van der Waals surface area contributed by atoms with Crippen molar-refractivity contribution in [3.8, 4) is 0 Å². The minimum atomic E-state index is -1.41. The number of pyridine rings is 1. The number of hydrogen-bond acceptors (Lipinski definition) is 4. The Morgan fingerprint density at radius 3 is 1.59 bits per heavy atom. The number of rotatable bonds is 5. The van der Waals surface area contributed by atoms with E-state index in [0.717, 1.165) is 18.9 Å². The smallest absolute Gasteiger partial charge is 0.341 e. The number of halogens is 22. The van der Waals surface area contributed by atoms with Gasteiger partial charge in [-0.15, -0.1) is 0 Å². The van der Waals surface area contributed by atoms with Crippen LogP contribution >= 0.6 is 0 Å². The van der Waals surface area contributed by atoms with Crippen LogP contribution in [0.15, 0.2) is 17.1 Å². The number of aromatic carboxylic acids is 1. The van der Waals surface area contributed by atoms with E-state index >= 15 is 4.39 Å². The van der Waals surface area contributed by atoms with Crippen molar-refractivity contribution in [2.75, 3.05) is 18.0 Å². The molecule has 0 bridgehead atoms. The molecule has 1 aromatic carbocycles. The number of carboxylic acids is 1. The van der Waals surface area contributed by atoms with E-state index in [1.807, 2.05) is 4.90 Å². The van der Waals surface area contributed by atoms with Gasteiger partial charge in [-0.05, 0) is 30.9 Å². The molecule has 28 heteroatoms. The Labute approximate surface area is 258 Å². The van der Waals surface area contributed by atoms with Crippen LogP contribution in [-0.4, -0.2) is 40.9 Å². The summed E-state index contributed by atoms with van der Waals surface area (Å²) in [6.45, 7) is 4.90. The van der Waals surface area contributed by atoms with Crippen LogP contribution in [-0.2, 0) is 0 Å². The summed E-state index contributed by atoms with van der Waals surface area (Å²) in [7, 11) is 0. The molecule has 4 atom stereocenters. The van der Waals surface area contributed by atoms with Crippen molar-refractivity contribution >= 4 is 22.6 Å². The van der Waals surface area contributed by atoms with E-state index in [2.05, 4.69) is 6.92 Å². The maximum atomic E-state index is 15.2. The Hall–Kier alpha value is -3.88. The van der Waals surface area contributed by atoms with Gasteiger partial charge in [0.15, 0.2) is 0 Å². The van der Waals surface area contributed by atoms with Gasteiger partial charge in [0.2, 0.25) is 5.43 Å². The second-order valence-corrected chi connectivity index (χ2v) is 8.25. The number of aryl methyl sites for hydroxylation is 1. The maximum Gasteiger partial charge on any atom is 0.341 e. The number of hydrogen-bond donors (Lipinski definition) is 2. The third-order valence-corrected chi connectivity index (χ3v) is 6.21. The van der Waals surface area contributed by atoms with Crippen LogP contribution in [0, 0.1) is 18.7 Å². The first-order valence-corrected chi connectivity index (χ1v) is 11.4. The van der Waals surface area contributed by atoms with Gasteiger partial charge in [0.1, 0.15) is 17.6 Å². The molecule has 2 heterocycles. The Bertz CT molecular complexity index is 1090. The lowest BCUT2D eigenvalue weighted by Gasteiger charge is -2.24. The normalized spacial score (nSPS) is 16.8. The van der Waals surface area contributed by atoms with Crippen LogP contribution in [0.3, 0.4) is 0 Å². The summed E-state index contributed by atoms with van der Waals surface area (Å²) < 4.78 is 191. The van der Waals surface area contributed by atoms with E-state index in [1.165, 1.54) is 10.8 Å². The molecule has 296 valence electrons. The number of carbonyl (C=O) groups is 1. The molecule has 1 saturated carbocycles. The van der Waals surface area contributed by atoms with Gasteiger partial charge in [-0.3, -0.25) is 4.79 Å². The lowest BCUT2D eigenvalue weighted by molar-refractivity contribution is 0.0694. The zero-order valence-electron chi connectivity index (χ0n) is 24.1. The number of nitrogens with zero attached hydrogens (tertiary/aromatic N) is 2. The van der Waals surface area contributed by atoms with Crippen LogP contribution in [0.25, 0.3) is 10.9 Å². The highest BCUT2D eigenvalue weighted by atomic mass is 20.0. The summed E-state index contributed by atoms with van der Waals surface area (Å²) in [6, 6.07) is 0.485. The van der Waals surface area contributed by atoms with Crippen LogP contribution in [0.1, 0.15) is 48.1 Å². The predicted octanol–water partition coefficient (Wildman–Crippen LogP) is 11.4. The monoisotopic (exact) mass is 785 g/mol. The fraction of sp³-hybridized carbons (Fsp3) is 0.524. The standard InChI is InChI=1S/C21H25F2N3O3.10F2/c1-3-4-11-7-25(9-16(11)24)19-10(2)18-12(5-15(19)23)20(27)13(21(28)29)8-26(18)17-6-14(17)22;10*1-2/h5,8,11,14,16-17H,3-4,6-7,9,24H2,1-2H3,(H,28,29);;;;;;;;;;/t11-,14-,16+,17+;;;;;;;;;;/m0........../s1. The first-order chi connectivity index (χ1) is 23.7. The molecule has 1 aromatic heterocycles. The lowest BCUT2D eigenvalue weighted by atomic mass is 9.99. The van der Waals surface area contributed by atoms with E-state index in [-0.39, 0.29) is 23.8 Å². The van der Waals surface area contributed by atoms with Gasteiger partial charge in [0.25, 0.3) is 0 Å². The zero-order chi connectivity index (χ0) is 41.0. The van der Waals surface area contributed by atoms with Gasteiger partial charge >= 0.3 is 5.97 Å². The van der Waals surface area contributed by atoms with Gasteiger partial charge in [0, 0.05) is 129 Å². The van der Waals surface area contributed by atoms with Crippen LogP contribution in [0.4, 0.5) is 106 Å². The highest BCUT2D eigenvalue weighted by Gasteiger charge is 2.41. The van der Waals surface area contributed by atoms with Gasteiger partial charge in [-0.1, -0.05) is 13.3 Å². The number of benzene rings is 1. The van der Waals surface area contributed by atoms with Crippen molar-refractivity contribution in [1.82, 2.24) is 4.57 Å². The highest BCUT2D eigenvalue weighted by Crippen LogP contribution is 2.43. The molecule has 6 nitrogen and oxygen atoms in total. The van der Waals surface area contributed by atoms with Crippen molar-refractivity contribution < 1.29 is 110 Å². The van der Waals surface area contributed by atoms with E-state index in [4.69, 9.17) is 97.2 Å². The fourth-order valence-electron chi connectivity index (χ4n) is 4.67. The van der Waals surface area contributed by atoms with E-state index in [1.54, 1.807) is 6.92 Å². The molecule has 4 rings (SSSR count). The summed E-state index contributed by atoms with van der Waals surface area (Å²) >= 11 is 0. The largest absolute Gasteiger partial charge is 0.477 e. The maximum absolute atomic E-state index is 15.2. The molecule has 0 amide bonds. The average Bonchev–Trinajstić information content (AvgIpc) is 3.81. The number of alkyl halides is 1. The molecular weight excluding hydrogens is 760 g/mol. The van der Waals surface area contributed by atoms with Crippen LogP contribution in [0.2, 0.25) is 0 Å². The zero-order valence-corrected chi connectivity index (χ0v) is 24.1. The minimum absolute atomic E-state index is 0.0312. The topological polar surface area (TPSA) is 88.6 Å². The molecule has 1 aliphatic carbocycles. The first-order valence-electron chi connectivity index (χ1n) is 11.4. The summed E-state index contributed by atoms with van der Waals surface area (Å²) in [5, 5.41) is 9.34. The molecule has 3 N–H and O–H groups in total. The Balaban J connectivity index is -0.000000152. The number of fused-ring (bicyclic) bond motifs is 1. The predicted molar refractivity (Wildman–Crippen MR) is 129 cm³/mol. The van der Waals surface area contributed by atoms with Crippen molar-refractivity contribution in [2.24, 2.45) is 11.7 Å². The minimum Gasteiger partial charge on any atom is -0.477 e. The molecule has 0 radical (unpaired) electrons. The quantitative estimate of drug-likeness (QED) is 0.295. The molecule has 0 spiro atoms. The van der Waals surface area contributed by atoms with Gasteiger partial charge in [0.05, 0.1) is 17.2 Å². The SMILES string of the molecule is CCC[C@H]1CN(c2c(F)cc3c(=O)c(C(=O)O)cn([C@@H]4C[C@@H]4F)c3c2C)C[C@H]1N.FF.FF.FF.FF.FF.FF.FF.FF.FF.FF. The highest BCUT2D eigenvalue weighted by molar-refractivity contribution is 5.95. The molecule has 1 aliphatic heterocycles. The molecular formula is C21H25F22N3O3. The number of aromatic nitrogens is 1. The summed E-state index contributed by atoms with van der Waals surface area (Å²) in [4.78, 5) is 26.1. The Kier molecular flexibility index (Phi) is 49.7. The average molecular weight is 785 g/mol. The number of anilines is 1. The van der Waals surface area contributed by atoms with Crippen molar-refractivity contribution in [1.29, 1.82) is 0 Å². The summed E-state index contributed by atoms with van der Waals surface area (Å²) in [6.07, 6.45) is 2.27. The number of carboxylic acid groups (broad SMARTS) is 1. The molecule has 49 heavy (non-hydrogen) atoms. The molecule has 0 unspecified atom stereocenters. The van der Waals surface area contributed by atoms with Crippen molar-refractivity contribution in [3.63, 3.8) is 0 Å². The molecule has 2 aromatic rings. The second kappa shape index (κ2) is 40.3. The second-order valence-electron chi connectivity index (χ2n) is 8.25. The van der Waals surface area contributed by atoms with E-state index < -0.39 is 35.0 Å². The number of nitrogens with two attached hydrogens (primary N) is 1. The summed E-state index contributed by atoms with van der Waals surface area (Å²) in [5.41, 5.74) is 6.29.